The van der Waals surface area contributed by atoms with Crippen molar-refractivity contribution < 1.29 is 14.6 Å². The molecule has 4 rings (SSSR count). The molecule has 2 aromatic rings. The zero-order valence-electron chi connectivity index (χ0n) is 14.9. The Labute approximate surface area is 154 Å². The Hall–Kier alpha value is -2.66. The summed E-state index contributed by atoms with van der Waals surface area (Å²) in [6.45, 7) is 3.41. The second kappa shape index (κ2) is 9.15. The molecule has 0 unspecified atom stereocenters. The number of aliphatic imine (C=N–C) groups is 2. The van der Waals surface area contributed by atoms with Crippen LogP contribution in [0.2, 0.25) is 0 Å². The van der Waals surface area contributed by atoms with Gasteiger partial charge in [-0.1, -0.05) is 43.3 Å². The van der Waals surface area contributed by atoms with Crippen molar-refractivity contribution in [1.82, 2.24) is 0 Å². The van der Waals surface area contributed by atoms with Crippen molar-refractivity contribution in [2.45, 2.75) is 25.4 Å². The molecule has 0 aliphatic carbocycles. The predicted molar refractivity (Wildman–Crippen MR) is 103 cm³/mol. The van der Waals surface area contributed by atoms with Gasteiger partial charge in [-0.05, 0) is 30.7 Å². The number of ether oxygens (including phenoxy) is 2. The number of nitrogens with zero attached hydrogens (tertiary/aromatic N) is 2. The summed E-state index contributed by atoms with van der Waals surface area (Å²) < 4.78 is 10.8. The summed E-state index contributed by atoms with van der Waals surface area (Å²) in [5, 5.41) is 8.84. The van der Waals surface area contributed by atoms with E-state index in [0.29, 0.717) is 18.5 Å². The molecule has 136 valence electrons. The number of rotatable bonds is 4. The van der Waals surface area contributed by atoms with Crippen molar-refractivity contribution in [3.8, 4) is 0 Å². The second-order valence-electron chi connectivity index (χ2n) is 6.12. The molecule has 0 amide bonds. The molecule has 2 aliphatic rings. The van der Waals surface area contributed by atoms with Crippen LogP contribution in [0.4, 0.5) is 0 Å². The summed E-state index contributed by atoms with van der Waals surface area (Å²) in [6, 6.07) is 20.0. The molecule has 26 heavy (non-hydrogen) atoms. The average Bonchev–Trinajstić information content (AvgIpc) is 3.39. The SMILES string of the molecule is CC[C@@H]1COC(c2ccccc2)=N1.OC[C@@H]1COC(c2ccccc2)=N1. The van der Waals surface area contributed by atoms with Crippen LogP contribution in [0.5, 0.6) is 0 Å². The zero-order valence-corrected chi connectivity index (χ0v) is 14.9. The second-order valence-corrected chi connectivity index (χ2v) is 6.12. The van der Waals surface area contributed by atoms with Gasteiger partial charge in [0.15, 0.2) is 0 Å². The number of hydrogen-bond acceptors (Lipinski definition) is 5. The molecular formula is C21H24N2O3. The lowest BCUT2D eigenvalue weighted by Gasteiger charge is -1.99. The molecule has 0 saturated heterocycles. The minimum Gasteiger partial charge on any atom is -0.475 e. The highest BCUT2D eigenvalue weighted by atomic mass is 16.5. The fraction of sp³-hybridized carbons (Fsp3) is 0.333. The Morgan fingerprint density at radius 2 is 1.27 bits per heavy atom. The van der Waals surface area contributed by atoms with Crippen LogP contribution in [0.25, 0.3) is 0 Å². The maximum absolute atomic E-state index is 8.84. The molecule has 2 atom stereocenters. The number of hydrogen-bond donors (Lipinski definition) is 1. The Morgan fingerprint density at radius 1 is 0.808 bits per heavy atom. The van der Waals surface area contributed by atoms with E-state index in [1.807, 2.05) is 60.7 Å². The van der Waals surface area contributed by atoms with Crippen molar-refractivity contribution >= 4 is 11.8 Å². The Bertz CT molecular complexity index is 679. The summed E-state index contributed by atoms with van der Waals surface area (Å²) in [7, 11) is 0. The van der Waals surface area contributed by atoms with Crippen molar-refractivity contribution in [3.05, 3.63) is 71.8 Å². The van der Waals surface area contributed by atoms with Crippen molar-refractivity contribution in [1.29, 1.82) is 0 Å². The standard InChI is InChI=1S/C11H13NO.C10H11NO2/c1-2-10-8-13-11(12-10)9-6-4-3-5-7-9;12-6-9-7-13-10(11-9)8-4-2-1-3-5-8/h3-7,10H,2,8H2,1H3;1-5,9,12H,6-7H2/t10-;9-/m11/s1. The largest absolute Gasteiger partial charge is 0.475 e. The van der Waals surface area contributed by atoms with Crippen LogP contribution in [0.15, 0.2) is 70.6 Å². The third-order valence-electron chi connectivity index (χ3n) is 4.15. The van der Waals surface area contributed by atoms with Gasteiger partial charge in [0.25, 0.3) is 0 Å². The van der Waals surface area contributed by atoms with Crippen LogP contribution in [-0.4, -0.2) is 48.8 Å². The van der Waals surface area contributed by atoms with Gasteiger partial charge in [0, 0.05) is 11.1 Å². The number of benzene rings is 2. The number of aliphatic hydroxyl groups excluding tert-OH is 1. The molecule has 0 fully saturated rings. The molecule has 0 spiro atoms. The molecule has 0 bridgehead atoms. The summed E-state index contributed by atoms with van der Waals surface area (Å²) in [6.07, 6.45) is 1.05. The van der Waals surface area contributed by atoms with E-state index in [9.17, 15) is 0 Å². The van der Waals surface area contributed by atoms with Crippen molar-refractivity contribution in [3.63, 3.8) is 0 Å². The summed E-state index contributed by atoms with van der Waals surface area (Å²) in [5.74, 6) is 1.44. The van der Waals surface area contributed by atoms with Gasteiger partial charge in [0.1, 0.15) is 19.3 Å². The third kappa shape index (κ3) is 4.70. The van der Waals surface area contributed by atoms with E-state index >= 15 is 0 Å². The van der Waals surface area contributed by atoms with Gasteiger partial charge in [-0.3, -0.25) is 0 Å². The van der Waals surface area contributed by atoms with Crippen LogP contribution in [0.3, 0.4) is 0 Å². The molecule has 0 saturated carbocycles. The summed E-state index contributed by atoms with van der Waals surface area (Å²) in [4.78, 5) is 8.69. The minimum atomic E-state index is -0.0878. The Balaban J connectivity index is 0.000000151. The van der Waals surface area contributed by atoms with Gasteiger partial charge in [-0.2, -0.15) is 0 Å². The van der Waals surface area contributed by atoms with E-state index in [0.717, 1.165) is 30.1 Å². The zero-order chi connectivity index (χ0) is 18.2. The van der Waals surface area contributed by atoms with Crippen LogP contribution >= 0.6 is 0 Å². The highest BCUT2D eigenvalue weighted by Gasteiger charge is 2.18. The topological polar surface area (TPSA) is 63.4 Å². The summed E-state index contributed by atoms with van der Waals surface area (Å²) >= 11 is 0. The first kappa shape index (κ1) is 18.1. The first-order chi connectivity index (χ1) is 12.8. The molecule has 1 N–H and O–H groups in total. The maximum atomic E-state index is 8.84. The monoisotopic (exact) mass is 352 g/mol. The third-order valence-corrected chi connectivity index (χ3v) is 4.15. The van der Waals surface area contributed by atoms with Gasteiger partial charge in [0.05, 0.1) is 12.6 Å². The smallest absolute Gasteiger partial charge is 0.216 e. The highest BCUT2D eigenvalue weighted by molar-refractivity contribution is 5.95. The molecule has 0 radical (unpaired) electrons. The molecule has 2 aromatic carbocycles. The minimum absolute atomic E-state index is 0.0519. The van der Waals surface area contributed by atoms with E-state index in [4.69, 9.17) is 14.6 Å². The van der Waals surface area contributed by atoms with E-state index in [1.165, 1.54) is 0 Å². The first-order valence-corrected chi connectivity index (χ1v) is 8.93. The van der Waals surface area contributed by atoms with Gasteiger partial charge in [0.2, 0.25) is 11.8 Å². The highest BCUT2D eigenvalue weighted by Crippen LogP contribution is 2.13. The molecule has 0 aromatic heterocycles. The average molecular weight is 352 g/mol. The van der Waals surface area contributed by atoms with Crippen LogP contribution in [0, 0.1) is 0 Å². The molecule has 2 aliphatic heterocycles. The fourth-order valence-corrected chi connectivity index (χ4v) is 2.61. The Morgan fingerprint density at radius 3 is 1.65 bits per heavy atom. The normalized spacial score (nSPS) is 21.0. The molecule has 5 nitrogen and oxygen atoms in total. The lowest BCUT2D eigenvalue weighted by Crippen LogP contribution is -2.10. The van der Waals surface area contributed by atoms with Gasteiger partial charge >= 0.3 is 0 Å². The molecular weight excluding hydrogens is 328 g/mol. The van der Waals surface area contributed by atoms with E-state index < -0.39 is 0 Å². The van der Waals surface area contributed by atoms with E-state index in [2.05, 4.69) is 16.9 Å². The number of aliphatic hydroxyl groups is 1. The van der Waals surface area contributed by atoms with Crippen LogP contribution < -0.4 is 0 Å². The first-order valence-electron chi connectivity index (χ1n) is 8.93. The molecule has 5 heteroatoms. The lowest BCUT2D eigenvalue weighted by atomic mass is 10.2. The van der Waals surface area contributed by atoms with E-state index in [1.54, 1.807) is 0 Å². The Kier molecular flexibility index (Phi) is 6.39. The maximum Gasteiger partial charge on any atom is 0.216 e. The summed E-state index contributed by atoms with van der Waals surface area (Å²) in [5.41, 5.74) is 2.05. The quantitative estimate of drug-likeness (QED) is 0.920. The van der Waals surface area contributed by atoms with Crippen LogP contribution in [0.1, 0.15) is 24.5 Å². The van der Waals surface area contributed by atoms with Gasteiger partial charge in [-0.25, -0.2) is 9.98 Å². The predicted octanol–water partition coefficient (Wildman–Crippen LogP) is 3.07. The lowest BCUT2D eigenvalue weighted by molar-refractivity contribution is 0.227. The van der Waals surface area contributed by atoms with Crippen molar-refractivity contribution in [2.24, 2.45) is 9.98 Å². The van der Waals surface area contributed by atoms with Gasteiger partial charge < -0.3 is 14.6 Å². The van der Waals surface area contributed by atoms with Crippen molar-refractivity contribution in [2.75, 3.05) is 19.8 Å². The van der Waals surface area contributed by atoms with Gasteiger partial charge in [-0.15, -0.1) is 0 Å². The van der Waals surface area contributed by atoms with Crippen LogP contribution in [-0.2, 0) is 9.47 Å². The van der Waals surface area contributed by atoms with E-state index in [-0.39, 0.29) is 12.6 Å². The fourth-order valence-electron chi connectivity index (χ4n) is 2.61. The molecule has 2 heterocycles.